The van der Waals surface area contributed by atoms with E-state index < -0.39 is 6.98 Å². The van der Waals surface area contributed by atoms with Crippen molar-refractivity contribution in [2.45, 2.75) is 0 Å². The molecule has 15 heavy (non-hydrogen) atoms. The predicted octanol–water partition coefficient (Wildman–Crippen LogP) is 0.733. The van der Waals surface area contributed by atoms with E-state index in [9.17, 15) is 12.9 Å². The van der Waals surface area contributed by atoms with Crippen molar-refractivity contribution in [2.75, 3.05) is 0 Å². The first-order chi connectivity index (χ1) is 6.53. The average Bonchev–Trinajstić information content (AvgIpc) is 2.14. The van der Waals surface area contributed by atoms with Gasteiger partial charge in [0, 0.05) is 0 Å². The third-order valence-electron chi connectivity index (χ3n) is 1.71. The van der Waals surface area contributed by atoms with Gasteiger partial charge in [-0.2, -0.15) is 0 Å². The summed E-state index contributed by atoms with van der Waals surface area (Å²) in [5.74, 6) is 0.280. The molecule has 0 aromatic heterocycles. The molecule has 0 fully saturated rings. The minimum absolute atomic E-state index is 0. The summed E-state index contributed by atoms with van der Waals surface area (Å²) in [6.45, 7) is -1.34. The van der Waals surface area contributed by atoms with Crippen LogP contribution in [0.4, 0.5) is 12.9 Å². The molecule has 0 saturated heterocycles. The molecule has 1 aromatic rings. The van der Waals surface area contributed by atoms with Crippen LogP contribution in [0.25, 0.3) is 12.2 Å². The molecule has 0 radical (unpaired) electrons. The Morgan fingerprint density at radius 3 is 2.07 bits per heavy atom. The van der Waals surface area contributed by atoms with Gasteiger partial charge in [-0.1, -0.05) is 43.0 Å². The molecule has 0 unspecified atom stereocenters. The minimum Gasteiger partial charge on any atom is -0.445 e. The molecule has 0 spiro atoms. The van der Waals surface area contributed by atoms with Crippen LogP contribution in [0.2, 0.25) is 0 Å². The molecule has 0 heterocycles. The van der Waals surface area contributed by atoms with E-state index in [0.717, 1.165) is 6.08 Å². The summed E-state index contributed by atoms with van der Waals surface area (Å²) in [5.41, 5.74) is 1.23. The van der Waals surface area contributed by atoms with Gasteiger partial charge < -0.3 is 12.9 Å². The van der Waals surface area contributed by atoms with Gasteiger partial charge in [0.2, 0.25) is 0 Å². The van der Waals surface area contributed by atoms with Crippen LogP contribution < -0.4 is 51.4 Å². The molecule has 74 valence electrons. The summed E-state index contributed by atoms with van der Waals surface area (Å²) >= 11 is 0. The predicted molar refractivity (Wildman–Crippen MR) is 54.6 cm³/mol. The van der Waals surface area contributed by atoms with E-state index in [2.05, 4.69) is 6.58 Å². The second-order valence-corrected chi connectivity index (χ2v) is 2.82. The van der Waals surface area contributed by atoms with E-state index in [1.54, 1.807) is 24.3 Å². The number of hydrogen-bond donors (Lipinski definition) is 0. The van der Waals surface area contributed by atoms with Crippen LogP contribution in [0.15, 0.2) is 36.8 Å². The molecular formula is C10H9BF3K. The van der Waals surface area contributed by atoms with Gasteiger partial charge in [-0.25, -0.2) is 0 Å². The van der Waals surface area contributed by atoms with E-state index in [1.807, 2.05) is 0 Å². The van der Waals surface area contributed by atoms with Gasteiger partial charge in [0.1, 0.15) is 0 Å². The Kier molecular flexibility index (Phi) is 6.79. The van der Waals surface area contributed by atoms with Crippen LogP contribution in [0.5, 0.6) is 0 Å². The smallest absolute Gasteiger partial charge is 0.445 e. The van der Waals surface area contributed by atoms with Crippen molar-refractivity contribution in [3.8, 4) is 0 Å². The van der Waals surface area contributed by atoms with Gasteiger partial charge in [0.05, 0.1) is 0 Å². The molecule has 0 amide bonds. The minimum atomic E-state index is -4.86. The molecule has 0 nitrogen and oxygen atoms in total. The molecule has 0 aliphatic carbocycles. The largest absolute Gasteiger partial charge is 1.00 e. The third kappa shape index (κ3) is 5.73. The van der Waals surface area contributed by atoms with Crippen molar-refractivity contribution in [2.24, 2.45) is 0 Å². The van der Waals surface area contributed by atoms with Crippen LogP contribution in [0, 0.1) is 0 Å². The zero-order valence-electron chi connectivity index (χ0n) is 8.46. The van der Waals surface area contributed by atoms with Gasteiger partial charge in [-0.15, -0.1) is 5.98 Å². The second kappa shape index (κ2) is 6.70. The molecule has 0 aliphatic heterocycles. The Morgan fingerprint density at radius 1 is 1.07 bits per heavy atom. The van der Waals surface area contributed by atoms with Crippen molar-refractivity contribution in [1.82, 2.24) is 0 Å². The molecule has 1 aromatic carbocycles. The van der Waals surface area contributed by atoms with Crippen molar-refractivity contribution >= 4 is 19.1 Å². The van der Waals surface area contributed by atoms with E-state index in [0.29, 0.717) is 11.1 Å². The van der Waals surface area contributed by atoms with Crippen LogP contribution >= 0.6 is 0 Å². The van der Waals surface area contributed by atoms with Gasteiger partial charge in [0.15, 0.2) is 0 Å². The Hall–Kier alpha value is 0.191. The fourth-order valence-corrected chi connectivity index (χ4v) is 1.06. The maximum atomic E-state index is 11.9. The summed E-state index contributed by atoms with van der Waals surface area (Å²) < 4.78 is 35.8. The maximum Gasteiger partial charge on any atom is 1.00 e. The Balaban J connectivity index is 0.00000196. The van der Waals surface area contributed by atoms with Crippen molar-refractivity contribution < 1.29 is 64.3 Å². The SMILES string of the molecule is C=Cc1ccccc1/C=C/[B-](F)(F)F.[K+]. The first-order valence-electron chi connectivity index (χ1n) is 4.13. The zero-order chi connectivity index (χ0) is 10.6. The standard InChI is InChI=1S/C10H9BF3.K/c1-2-9-5-3-4-6-10(9)7-8-11(12,13)14;/h2-8H,1H2;/q-1;+1/b8-7+;. The maximum absolute atomic E-state index is 11.9. The van der Waals surface area contributed by atoms with E-state index in [4.69, 9.17) is 0 Å². The quantitative estimate of drug-likeness (QED) is 0.679. The van der Waals surface area contributed by atoms with E-state index in [1.165, 1.54) is 6.08 Å². The molecule has 0 N–H and O–H groups in total. The zero-order valence-corrected chi connectivity index (χ0v) is 11.6. The molecule has 0 saturated carbocycles. The van der Waals surface area contributed by atoms with Crippen LogP contribution in [0.1, 0.15) is 11.1 Å². The molecule has 0 aliphatic rings. The monoisotopic (exact) mass is 236 g/mol. The number of hydrogen-bond acceptors (Lipinski definition) is 0. The summed E-state index contributed by atoms with van der Waals surface area (Å²) in [6.07, 6.45) is 2.60. The topological polar surface area (TPSA) is 0 Å². The van der Waals surface area contributed by atoms with Gasteiger partial charge in [0.25, 0.3) is 0 Å². The summed E-state index contributed by atoms with van der Waals surface area (Å²) in [6, 6.07) is 6.79. The van der Waals surface area contributed by atoms with Crippen molar-refractivity contribution in [3.05, 3.63) is 47.9 Å². The molecule has 1 rings (SSSR count). The molecule has 5 heteroatoms. The fraction of sp³-hybridized carbons (Fsp3) is 0. The van der Waals surface area contributed by atoms with Crippen LogP contribution in [-0.4, -0.2) is 6.98 Å². The van der Waals surface area contributed by atoms with Crippen LogP contribution in [-0.2, 0) is 0 Å². The van der Waals surface area contributed by atoms with Crippen molar-refractivity contribution in [3.63, 3.8) is 0 Å². The number of rotatable bonds is 3. The van der Waals surface area contributed by atoms with Gasteiger partial charge in [-0.05, 0) is 11.1 Å². The Bertz CT molecular complexity index is 358. The molecule has 0 bridgehead atoms. The van der Waals surface area contributed by atoms with E-state index >= 15 is 0 Å². The first kappa shape index (κ1) is 15.2. The summed E-state index contributed by atoms with van der Waals surface area (Å²) in [4.78, 5) is 0. The fourth-order valence-electron chi connectivity index (χ4n) is 1.06. The second-order valence-electron chi connectivity index (χ2n) is 2.82. The molecular weight excluding hydrogens is 227 g/mol. The Morgan fingerprint density at radius 2 is 1.60 bits per heavy atom. The van der Waals surface area contributed by atoms with Gasteiger partial charge >= 0.3 is 58.4 Å². The summed E-state index contributed by atoms with van der Waals surface area (Å²) in [5, 5.41) is 0. The first-order valence-corrected chi connectivity index (χ1v) is 4.13. The summed E-state index contributed by atoms with van der Waals surface area (Å²) in [7, 11) is 0. The Labute approximate surface area is 130 Å². The van der Waals surface area contributed by atoms with Crippen molar-refractivity contribution in [1.29, 1.82) is 0 Å². The number of halogens is 3. The average molecular weight is 236 g/mol. The van der Waals surface area contributed by atoms with E-state index in [-0.39, 0.29) is 57.4 Å². The molecule has 0 atom stereocenters. The van der Waals surface area contributed by atoms with Gasteiger partial charge in [-0.3, -0.25) is 0 Å². The normalized spacial score (nSPS) is 11.1. The third-order valence-corrected chi connectivity index (χ3v) is 1.71. The van der Waals surface area contributed by atoms with Crippen LogP contribution in [0.3, 0.4) is 0 Å². The number of benzene rings is 1.